The van der Waals surface area contributed by atoms with Gasteiger partial charge in [-0.3, -0.25) is 9.78 Å². The van der Waals surface area contributed by atoms with E-state index < -0.39 is 5.92 Å². The van der Waals surface area contributed by atoms with Crippen molar-refractivity contribution < 1.29 is 4.79 Å². The summed E-state index contributed by atoms with van der Waals surface area (Å²) in [6, 6.07) is 15.1. The Hall–Kier alpha value is -3.17. The van der Waals surface area contributed by atoms with Crippen LogP contribution in [-0.4, -0.2) is 31.4 Å². The van der Waals surface area contributed by atoms with Gasteiger partial charge in [0.15, 0.2) is 5.82 Å². The third-order valence-electron chi connectivity index (χ3n) is 5.06. The number of aliphatic imine (C=N–C) groups is 1. The van der Waals surface area contributed by atoms with Crippen LogP contribution in [0.4, 0.5) is 11.6 Å². The number of fused-ring (bicyclic) bond motifs is 1. The molecule has 0 radical (unpaired) electrons. The number of thiophene rings is 1. The number of carbonyl (C=O) groups is 1. The van der Waals surface area contributed by atoms with Crippen LogP contribution >= 0.6 is 27.3 Å². The van der Waals surface area contributed by atoms with Crippen LogP contribution in [0, 0.1) is 5.92 Å². The van der Waals surface area contributed by atoms with Gasteiger partial charge in [0.05, 0.1) is 22.8 Å². The summed E-state index contributed by atoms with van der Waals surface area (Å²) < 4.78 is 2.69. The van der Waals surface area contributed by atoms with E-state index in [-0.39, 0.29) is 11.9 Å². The summed E-state index contributed by atoms with van der Waals surface area (Å²) in [5, 5.41) is 9.71. The number of nitrogens with zero attached hydrogens (tertiary/aromatic N) is 5. The summed E-state index contributed by atoms with van der Waals surface area (Å²) in [6.07, 6.45) is 3.29. The van der Waals surface area contributed by atoms with Crippen LogP contribution in [0.3, 0.4) is 0 Å². The van der Waals surface area contributed by atoms with Crippen LogP contribution in [0.15, 0.2) is 75.8 Å². The molecule has 0 aliphatic carbocycles. The number of benzene rings is 1. The number of anilines is 1. The molecule has 0 bridgehead atoms. The highest BCUT2D eigenvalue weighted by Gasteiger charge is 2.39. The number of hydrogen-bond donors (Lipinski definition) is 1. The van der Waals surface area contributed by atoms with Crippen LogP contribution in [0.25, 0.3) is 10.7 Å². The van der Waals surface area contributed by atoms with E-state index in [1.165, 1.54) is 0 Å². The van der Waals surface area contributed by atoms with Gasteiger partial charge in [-0.15, -0.1) is 16.4 Å². The van der Waals surface area contributed by atoms with Crippen molar-refractivity contribution in [3.63, 3.8) is 0 Å². The molecule has 1 N–H and O–H groups in total. The molecule has 1 aliphatic heterocycles. The van der Waals surface area contributed by atoms with E-state index in [0.717, 1.165) is 14.9 Å². The molecule has 0 spiro atoms. The fourth-order valence-corrected chi connectivity index (χ4v) is 4.77. The molecule has 9 heteroatoms. The Bertz CT molecular complexity index is 1270. The van der Waals surface area contributed by atoms with Crippen molar-refractivity contribution in [1.29, 1.82) is 0 Å². The number of hydrogen-bond acceptors (Lipinski definition) is 6. The molecule has 0 saturated heterocycles. The second-order valence-electron chi connectivity index (χ2n) is 7.12. The molecule has 1 amide bonds. The maximum Gasteiger partial charge on any atom is 0.248 e. The Morgan fingerprint density at radius 1 is 1.19 bits per heavy atom. The van der Waals surface area contributed by atoms with Gasteiger partial charge in [0, 0.05) is 16.4 Å². The molecule has 4 aromatic rings. The van der Waals surface area contributed by atoms with Crippen LogP contribution in [0.5, 0.6) is 0 Å². The Morgan fingerprint density at radius 3 is 2.84 bits per heavy atom. The zero-order valence-corrected chi connectivity index (χ0v) is 18.8. The minimum atomic E-state index is -0.556. The fraction of sp³-hybridized carbons (Fsp3) is 0.136. The molecule has 1 aromatic carbocycles. The standard InChI is InChI=1S/C22H17BrN6OS/c1-13-18(21(30)26-16-7-3-9-24-12-16)19(14-5-2-6-15(23)11-14)29-22(25-13)27-20(28-29)17-8-4-10-31-17/h2-12,18-19H,1H3,(H,26,30). The lowest BCUT2D eigenvalue weighted by Crippen LogP contribution is -2.39. The van der Waals surface area contributed by atoms with Crippen LogP contribution in [0.1, 0.15) is 18.5 Å². The van der Waals surface area contributed by atoms with Crippen molar-refractivity contribution >= 4 is 50.5 Å². The molecule has 3 aromatic heterocycles. The van der Waals surface area contributed by atoms with Crippen molar-refractivity contribution in [2.24, 2.45) is 10.9 Å². The maximum atomic E-state index is 13.4. The molecular formula is C22H17BrN6OS. The first-order valence-corrected chi connectivity index (χ1v) is 11.3. The van der Waals surface area contributed by atoms with Gasteiger partial charge in [0.2, 0.25) is 11.9 Å². The first kappa shape index (κ1) is 19.8. The smallest absolute Gasteiger partial charge is 0.248 e. The van der Waals surface area contributed by atoms with E-state index in [0.29, 0.717) is 23.2 Å². The number of carbonyl (C=O) groups excluding carboxylic acids is 1. The summed E-state index contributed by atoms with van der Waals surface area (Å²) >= 11 is 5.12. The van der Waals surface area contributed by atoms with E-state index in [9.17, 15) is 4.79 Å². The van der Waals surface area contributed by atoms with Gasteiger partial charge in [0.1, 0.15) is 5.92 Å². The summed E-state index contributed by atoms with van der Waals surface area (Å²) in [6.45, 7) is 1.86. The Balaban J connectivity index is 1.61. The number of amides is 1. The normalized spacial score (nSPS) is 17.7. The first-order chi connectivity index (χ1) is 15.1. The second-order valence-corrected chi connectivity index (χ2v) is 8.98. The predicted molar refractivity (Wildman–Crippen MR) is 125 cm³/mol. The van der Waals surface area contributed by atoms with Crippen molar-refractivity contribution in [1.82, 2.24) is 19.7 Å². The van der Waals surface area contributed by atoms with Crippen molar-refractivity contribution in [3.8, 4) is 10.7 Å². The zero-order chi connectivity index (χ0) is 21.4. The zero-order valence-electron chi connectivity index (χ0n) is 16.4. The van der Waals surface area contributed by atoms with Gasteiger partial charge < -0.3 is 5.32 Å². The third kappa shape index (κ3) is 3.82. The Morgan fingerprint density at radius 2 is 2.10 bits per heavy atom. The molecule has 2 unspecified atom stereocenters. The number of nitrogens with one attached hydrogen (secondary N) is 1. The van der Waals surface area contributed by atoms with Crippen molar-refractivity contribution in [2.75, 3.05) is 5.32 Å². The van der Waals surface area contributed by atoms with Gasteiger partial charge in [-0.2, -0.15) is 4.98 Å². The Kier molecular flexibility index (Phi) is 5.21. The van der Waals surface area contributed by atoms with E-state index in [1.807, 2.05) is 54.8 Å². The average Bonchev–Trinajstić information content (AvgIpc) is 3.43. The molecule has 1 aliphatic rings. The molecule has 7 nitrogen and oxygen atoms in total. The molecule has 0 fully saturated rings. The van der Waals surface area contributed by atoms with E-state index in [4.69, 9.17) is 5.10 Å². The highest BCUT2D eigenvalue weighted by Crippen LogP contribution is 2.38. The highest BCUT2D eigenvalue weighted by atomic mass is 79.9. The first-order valence-electron chi connectivity index (χ1n) is 9.62. The highest BCUT2D eigenvalue weighted by molar-refractivity contribution is 9.10. The average molecular weight is 493 g/mol. The SMILES string of the molecule is CC1=Nc2nc(-c3cccs3)nn2C(c2cccc(Br)c2)C1C(=O)Nc1cccnc1. The van der Waals surface area contributed by atoms with Crippen LogP contribution in [0.2, 0.25) is 0 Å². The predicted octanol–water partition coefficient (Wildman–Crippen LogP) is 5.11. The van der Waals surface area contributed by atoms with Crippen LogP contribution < -0.4 is 5.32 Å². The molecule has 4 heterocycles. The van der Waals surface area contributed by atoms with Crippen molar-refractivity contribution in [3.05, 3.63) is 76.3 Å². The third-order valence-corrected chi connectivity index (χ3v) is 6.42. The van der Waals surface area contributed by atoms with E-state index in [1.54, 1.807) is 34.5 Å². The van der Waals surface area contributed by atoms with Gasteiger partial charge in [-0.25, -0.2) is 9.67 Å². The summed E-state index contributed by atoms with van der Waals surface area (Å²) in [5.74, 6) is 0.379. The molecule has 31 heavy (non-hydrogen) atoms. The maximum absolute atomic E-state index is 13.4. The monoisotopic (exact) mass is 492 g/mol. The van der Waals surface area contributed by atoms with Gasteiger partial charge >= 0.3 is 0 Å². The second kappa shape index (κ2) is 8.16. The minimum absolute atomic E-state index is 0.168. The fourth-order valence-electron chi connectivity index (χ4n) is 3.70. The van der Waals surface area contributed by atoms with Crippen LogP contribution in [-0.2, 0) is 4.79 Å². The van der Waals surface area contributed by atoms with E-state index in [2.05, 4.69) is 36.2 Å². The van der Waals surface area contributed by atoms with Crippen molar-refractivity contribution in [2.45, 2.75) is 13.0 Å². The number of pyridine rings is 1. The lowest BCUT2D eigenvalue weighted by Gasteiger charge is -2.30. The molecule has 2 atom stereocenters. The Labute approximate surface area is 191 Å². The van der Waals surface area contributed by atoms with Gasteiger partial charge in [0.25, 0.3) is 0 Å². The topological polar surface area (TPSA) is 85.1 Å². The number of rotatable bonds is 4. The summed E-state index contributed by atoms with van der Waals surface area (Å²) in [4.78, 5) is 27.7. The lowest BCUT2D eigenvalue weighted by molar-refractivity contribution is -0.118. The molecule has 0 saturated carbocycles. The summed E-state index contributed by atoms with van der Waals surface area (Å²) in [5.41, 5.74) is 2.26. The number of aromatic nitrogens is 4. The van der Waals surface area contributed by atoms with Gasteiger partial charge in [-0.05, 0) is 48.2 Å². The molecule has 154 valence electrons. The molecule has 5 rings (SSSR count). The minimum Gasteiger partial charge on any atom is -0.324 e. The van der Waals surface area contributed by atoms with E-state index >= 15 is 0 Å². The quantitative estimate of drug-likeness (QED) is 0.428. The molecular weight excluding hydrogens is 476 g/mol. The largest absolute Gasteiger partial charge is 0.324 e. The summed E-state index contributed by atoms with van der Waals surface area (Å²) in [7, 11) is 0. The number of halogens is 1. The van der Waals surface area contributed by atoms with Gasteiger partial charge in [-0.1, -0.05) is 34.1 Å². The lowest BCUT2D eigenvalue weighted by atomic mass is 9.87.